The Balaban J connectivity index is 1.27. The van der Waals surface area contributed by atoms with Crippen LogP contribution in [-0.2, 0) is 0 Å². The van der Waals surface area contributed by atoms with Crippen molar-refractivity contribution in [3.63, 3.8) is 0 Å². The van der Waals surface area contributed by atoms with Crippen LogP contribution >= 0.6 is 0 Å². The predicted molar refractivity (Wildman–Crippen MR) is 185 cm³/mol. The first-order valence-corrected chi connectivity index (χ1v) is 15.0. The molecule has 0 radical (unpaired) electrons. The quantitative estimate of drug-likeness (QED) is 0.205. The van der Waals surface area contributed by atoms with Crippen molar-refractivity contribution in [2.24, 2.45) is 0 Å². The number of nitriles is 1. The van der Waals surface area contributed by atoms with Crippen LogP contribution in [0.5, 0.6) is 0 Å². The molecule has 0 fully saturated rings. The van der Waals surface area contributed by atoms with Crippen LogP contribution in [0.1, 0.15) is 5.56 Å². The SMILES string of the molecule is N#Cc1ccc(-c2ccncc2-c2ccc(-n3c4ccc(-c5ccccc5)cc4c4cc(-c5ccccc5)ccc43)cc2)cc1. The van der Waals surface area contributed by atoms with Gasteiger partial charge in [0, 0.05) is 34.4 Å². The van der Waals surface area contributed by atoms with Crippen molar-refractivity contribution < 1.29 is 0 Å². The van der Waals surface area contributed by atoms with Crippen molar-refractivity contribution in [1.82, 2.24) is 9.55 Å². The third-order valence-electron chi connectivity index (χ3n) is 8.56. The molecule has 6 aromatic carbocycles. The Bertz CT molecular complexity index is 2250. The Kier molecular flexibility index (Phi) is 6.52. The lowest BCUT2D eigenvalue weighted by Gasteiger charge is -2.12. The summed E-state index contributed by atoms with van der Waals surface area (Å²) in [6.45, 7) is 0. The molecule has 0 spiro atoms. The van der Waals surface area contributed by atoms with E-state index in [-0.39, 0.29) is 0 Å². The average Bonchev–Trinajstić information content (AvgIpc) is 3.45. The van der Waals surface area contributed by atoms with E-state index < -0.39 is 0 Å². The van der Waals surface area contributed by atoms with Gasteiger partial charge in [0.1, 0.15) is 0 Å². The standard InChI is InChI=1S/C42H27N3/c43-27-29-11-13-32(14-12-29)37-23-24-44-28-40(37)33-15-19-36(20-16-33)45-41-21-17-34(30-7-3-1-4-8-30)25-38(41)39-26-35(18-22-42(39)45)31-9-5-2-6-10-31/h1-26,28H. The van der Waals surface area contributed by atoms with Gasteiger partial charge in [0.15, 0.2) is 0 Å². The fraction of sp³-hybridized carbons (Fsp3) is 0. The van der Waals surface area contributed by atoms with Gasteiger partial charge in [-0.1, -0.05) is 97.1 Å². The maximum Gasteiger partial charge on any atom is 0.0991 e. The second-order valence-corrected chi connectivity index (χ2v) is 11.2. The van der Waals surface area contributed by atoms with Gasteiger partial charge >= 0.3 is 0 Å². The zero-order valence-electron chi connectivity index (χ0n) is 24.4. The molecule has 0 saturated carbocycles. The third-order valence-corrected chi connectivity index (χ3v) is 8.56. The van der Waals surface area contributed by atoms with Crippen LogP contribution in [0.4, 0.5) is 0 Å². The van der Waals surface area contributed by atoms with Gasteiger partial charge in [-0.3, -0.25) is 4.98 Å². The topological polar surface area (TPSA) is 41.6 Å². The molecule has 45 heavy (non-hydrogen) atoms. The van der Waals surface area contributed by atoms with Crippen molar-refractivity contribution >= 4 is 21.8 Å². The van der Waals surface area contributed by atoms with E-state index in [0.29, 0.717) is 5.56 Å². The highest BCUT2D eigenvalue weighted by atomic mass is 15.0. The van der Waals surface area contributed by atoms with E-state index in [1.165, 1.54) is 44.1 Å². The molecule has 0 unspecified atom stereocenters. The van der Waals surface area contributed by atoms with Crippen LogP contribution < -0.4 is 0 Å². The molecule has 2 aromatic heterocycles. The molecule has 0 aliphatic rings. The lowest BCUT2D eigenvalue weighted by Crippen LogP contribution is -1.94. The van der Waals surface area contributed by atoms with E-state index in [1.807, 2.05) is 42.7 Å². The molecule has 0 atom stereocenters. The number of aromatic nitrogens is 2. The van der Waals surface area contributed by atoms with Crippen molar-refractivity contribution in [3.8, 4) is 56.3 Å². The maximum atomic E-state index is 9.24. The average molecular weight is 574 g/mol. The fourth-order valence-electron chi connectivity index (χ4n) is 6.31. The summed E-state index contributed by atoms with van der Waals surface area (Å²) in [4.78, 5) is 4.44. The number of hydrogen-bond donors (Lipinski definition) is 0. The molecule has 3 nitrogen and oxygen atoms in total. The van der Waals surface area contributed by atoms with Crippen LogP contribution in [0.15, 0.2) is 164 Å². The molecule has 0 aliphatic carbocycles. The zero-order chi connectivity index (χ0) is 30.2. The van der Waals surface area contributed by atoms with Gasteiger partial charge in [-0.2, -0.15) is 5.26 Å². The molecule has 3 heteroatoms. The second-order valence-electron chi connectivity index (χ2n) is 11.2. The number of rotatable bonds is 5. The van der Waals surface area contributed by atoms with Crippen LogP contribution in [0, 0.1) is 11.3 Å². The van der Waals surface area contributed by atoms with Crippen molar-refractivity contribution in [3.05, 3.63) is 170 Å². The lowest BCUT2D eigenvalue weighted by molar-refractivity contribution is 1.18. The first-order chi connectivity index (χ1) is 22.3. The monoisotopic (exact) mass is 573 g/mol. The highest BCUT2D eigenvalue weighted by Gasteiger charge is 2.15. The summed E-state index contributed by atoms with van der Waals surface area (Å²) in [5.74, 6) is 0. The summed E-state index contributed by atoms with van der Waals surface area (Å²) in [5, 5.41) is 11.7. The Labute approximate surface area is 261 Å². The predicted octanol–water partition coefficient (Wildman–Crippen LogP) is 10.7. The van der Waals surface area contributed by atoms with Gasteiger partial charge in [0.2, 0.25) is 0 Å². The van der Waals surface area contributed by atoms with Crippen LogP contribution in [0.3, 0.4) is 0 Å². The number of nitrogens with zero attached hydrogens (tertiary/aromatic N) is 3. The summed E-state index contributed by atoms with van der Waals surface area (Å²) >= 11 is 0. The van der Waals surface area contributed by atoms with Crippen molar-refractivity contribution in [2.45, 2.75) is 0 Å². The van der Waals surface area contributed by atoms with Gasteiger partial charge in [-0.25, -0.2) is 0 Å². The summed E-state index contributed by atoms with van der Waals surface area (Å²) in [6, 6.07) is 55.4. The van der Waals surface area contributed by atoms with Crippen molar-refractivity contribution in [1.29, 1.82) is 5.26 Å². The van der Waals surface area contributed by atoms with E-state index in [2.05, 4.69) is 137 Å². The Morgan fingerprint density at radius 2 is 0.978 bits per heavy atom. The van der Waals surface area contributed by atoms with E-state index in [4.69, 9.17) is 0 Å². The van der Waals surface area contributed by atoms with Gasteiger partial charge < -0.3 is 4.57 Å². The van der Waals surface area contributed by atoms with Gasteiger partial charge in [0.25, 0.3) is 0 Å². The van der Waals surface area contributed by atoms with Gasteiger partial charge in [-0.05, 0) is 93.5 Å². The molecular formula is C42H27N3. The first kappa shape index (κ1) is 26.4. The minimum Gasteiger partial charge on any atom is -0.309 e. The number of hydrogen-bond acceptors (Lipinski definition) is 2. The minimum atomic E-state index is 0.650. The highest BCUT2D eigenvalue weighted by molar-refractivity contribution is 6.11. The zero-order valence-corrected chi connectivity index (χ0v) is 24.4. The summed E-state index contributed by atoms with van der Waals surface area (Å²) in [6.07, 6.45) is 3.73. The van der Waals surface area contributed by atoms with Gasteiger partial charge in [0.05, 0.1) is 22.7 Å². The summed E-state index contributed by atoms with van der Waals surface area (Å²) in [5.41, 5.74) is 13.2. The van der Waals surface area contributed by atoms with E-state index in [1.54, 1.807) is 0 Å². The fourth-order valence-corrected chi connectivity index (χ4v) is 6.31. The third kappa shape index (κ3) is 4.76. The molecular weight excluding hydrogens is 546 g/mol. The van der Waals surface area contributed by atoms with E-state index in [9.17, 15) is 5.26 Å². The molecule has 210 valence electrons. The van der Waals surface area contributed by atoms with Crippen LogP contribution in [-0.4, -0.2) is 9.55 Å². The normalized spacial score (nSPS) is 11.1. The smallest absolute Gasteiger partial charge is 0.0991 e. The van der Waals surface area contributed by atoms with Gasteiger partial charge in [-0.15, -0.1) is 0 Å². The minimum absolute atomic E-state index is 0.650. The number of fused-ring (bicyclic) bond motifs is 3. The first-order valence-electron chi connectivity index (χ1n) is 15.0. The lowest BCUT2D eigenvalue weighted by atomic mass is 9.96. The number of pyridine rings is 1. The Morgan fingerprint density at radius 1 is 0.467 bits per heavy atom. The molecule has 8 rings (SSSR count). The maximum absolute atomic E-state index is 9.24. The highest BCUT2D eigenvalue weighted by Crippen LogP contribution is 2.38. The Hall–Kier alpha value is -6.24. The second kappa shape index (κ2) is 11.1. The molecule has 0 aliphatic heterocycles. The van der Waals surface area contributed by atoms with Crippen LogP contribution in [0.2, 0.25) is 0 Å². The summed E-state index contributed by atoms with van der Waals surface area (Å²) < 4.78 is 2.36. The molecule has 0 N–H and O–H groups in total. The van der Waals surface area contributed by atoms with Crippen LogP contribution in [0.25, 0.3) is 72.0 Å². The van der Waals surface area contributed by atoms with E-state index in [0.717, 1.165) is 27.9 Å². The molecule has 0 saturated heterocycles. The molecule has 2 heterocycles. The van der Waals surface area contributed by atoms with E-state index >= 15 is 0 Å². The summed E-state index contributed by atoms with van der Waals surface area (Å²) in [7, 11) is 0. The molecule has 0 amide bonds. The molecule has 8 aromatic rings. The molecule has 0 bridgehead atoms. The largest absolute Gasteiger partial charge is 0.309 e. The Morgan fingerprint density at radius 3 is 1.53 bits per heavy atom. The number of benzene rings is 6. The van der Waals surface area contributed by atoms with Crippen molar-refractivity contribution in [2.75, 3.05) is 0 Å².